The molecule has 1 heterocycles. The molecule has 0 spiro atoms. The van der Waals surface area contributed by atoms with Crippen LogP contribution in [-0.2, 0) is 13.5 Å². The molecule has 5 heteroatoms. The summed E-state index contributed by atoms with van der Waals surface area (Å²) in [5.74, 6) is 0.652. The first-order chi connectivity index (χ1) is 9.08. The molecule has 3 nitrogen and oxygen atoms in total. The van der Waals surface area contributed by atoms with Crippen LogP contribution in [-0.4, -0.2) is 16.1 Å². The Morgan fingerprint density at radius 1 is 1.47 bits per heavy atom. The number of nitrogens with one attached hydrogen (secondary N) is 1. The minimum absolute atomic E-state index is 0.0760. The van der Waals surface area contributed by atoms with Crippen molar-refractivity contribution in [1.82, 2.24) is 14.9 Å². The molecule has 0 saturated heterocycles. The number of nitrogens with zero attached hydrogens (tertiary/aromatic N) is 2. The first kappa shape index (κ1) is 14.0. The van der Waals surface area contributed by atoms with Crippen molar-refractivity contribution in [3.8, 4) is 0 Å². The van der Waals surface area contributed by atoms with Gasteiger partial charge in [0.05, 0.1) is 5.02 Å². The van der Waals surface area contributed by atoms with E-state index in [1.165, 1.54) is 6.07 Å². The van der Waals surface area contributed by atoms with Crippen molar-refractivity contribution in [3.63, 3.8) is 0 Å². The zero-order valence-electron chi connectivity index (χ0n) is 11.0. The van der Waals surface area contributed by atoms with Gasteiger partial charge >= 0.3 is 0 Å². The van der Waals surface area contributed by atoms with Crippen molar-refractivity contribution in [2.45, 2.75) is 19.4 Å². The smallest absolute Gasteiger partial charge is 0.142 e. The predicted octanol–water partition coefficient (Wildman–Crippen LogP) is 3.11. The lowest BCUT2D eigenvalue weighted by molar-refractivity contribution is 0.557. The number of hydrogen-bond donors (Lipinski definition) is 1. The van der Waals surface area contributed by atoms with Gasteiger partial charge < -0.3 is 9.88 Å². The second kappa shape index (κ2) is 6.17. The second-order valence-electron chi connectivity index (χ2n) is 4.55. The van der Waals surface area contributed by atoms with Crippen LogP contribution in [0.25, 0.3) is 0 Å². The first-order valence-corrected chi connectivity index (χ1v) is 6.60. The number of imidazole rings is 1. The molecule has 102 valence electrons. The number of halogens is 2. The summed E-state index contributed by atoms with van der Waals surface area (Å²) in [5.41, 5.74) is 0.891. The Kier molecular flexibility index (Phi) is 4.56. The van der Waals surface area contributed by atoms with E-state index in [1.807, 2.05) is 30.8 Å². The summed E-state index contributed by atoms with van der Waals surface area (Å²) in [6.45, 7) is 2.79. The topological polar surface area (TPSA) is 29.9 Å². The third kappa shape index (κ3) is 3.55. The Bertz CT molecular complexity index is 553. The van der Waals surface area contributed by atoms with E-state index in [4.69, 9.17) is 11.6 Å². The number of benzene rings is 1. The van der Waals surface area contributed by atoms with Crippen molar-refractivity contribution in [3.05, 3.63) is 52.8 Å². The van der Waals surface area contributed by atoms with Gasteiger partial charge in [0.1, 0.15) is 11.6 Å². The molecular weight excluding hydrogens is 265 g/mol. The maximum absolute atomic E-state index is 13.4. The fourth-order valence-electron chi connectivity index (χ4n) is 1.94. The van der Waals surface area contributed by atoms with Crippen LogP contribution in [0.3, 0.4) is 0 Å². The Labute approximate surface area is 117 Å². The van der Waals surface area contributed by atoms with E-state index < -0.39 is 0 Å². The molecule has 0 radical (unpaired) electrons. The van der Waals surface area contributed by atoms with Crippen molar-refractivity contribution < 1.29 is 4.39 Å². The minimum Gasteiger partial charge on any atom is -0.338 e. The highest BCUT2D eigenvalue weighted by molar-refractivity contribution is 6.30. The van der Waals surface area contributed by atoms with E-state index >= 15 is 0 Å². The zero-order valence-corrected chi connectivity index (χ0v) is 11.8. The lowest BCUT2D eigenvalue weighted by Gasteiger charge is -2.14. The Morgan fingerprint density at radius 2 is 2.26 bits per heavy atom. The van der Waals surface area contributed by atoms with Crippen molar-refractivity contribution in [1.29, 1.82) is 0 Å². The molecule has 0 aliphatic heterocycles. The highest BCUT2D eigenvalue weighted by atomic mass is 35.5. The quantitative estimate of drug-likeness (QED) is 0.913. The van der Waals surface area contributed by atoms with E-state index in [-0.39, 0.29) is 16.9 Å². The van der Waals surface area contributed by atoms with Crippen molar-refractivity contribution in [2.24, 2.45) is 7.05 Å². The van der Waals surface area contributed by atoms with E-state index in [0.29, 0.717) is 0 Å². The average Bonchev–Trinajstić information content (AvgIpc) is 2.78. The monoisotopic (exact) mass is 281 g/mol. The molecule has 0 aliphatic rings. The Morgan fingerprint density at radius 3 is 2.89 bits per heavy atom. The molecule has 1 unspecified atom stereocenters. The maximum atomic E-state index is 13.4. The molecule has 2 rings (SSSR count). The standard InChI is InChI=1S/C14H17ClFN3/c1-10(11-3-4-12(15)13(16)9-11)17-6-5-14-18-7-8-19(14)2/h3-4,7-10,17H,5-6H2,1-2H3. The lowest BCUT2D eigenvalue weighted by atomic mass is 10.1. The molecule has 0 bridgehead atoms. The third-order valence-corrected chi connectivity index (χ3v) is 3.47. The van der Waals surface area contributed by atoms with Gasteiger partial charge in [0, 0.05) is 38.4 Å². The predicted molar refractivity (Wildman–Crippen MR) is 74.7 cm³/mol. The molecule has 0 saturated carbocycles. The molecular formula is C14H17ClFN3. The summed E-state index contributed by atoms with van der Waals surface area (Å²) in [7, 11) is 1.97. The zero-order chi connectivity index (χ0) is 13.8. The van der Waals surface area contributed by atoms with Crippen LogP contribution in [0.1, 0.15) is 24.4 Å². The summed E-state index contributed by atoms with van der Waals surface area (Å²) in [4.78, 5) is 4.26. The van der Waals surface area contributed by atoms with Crippen LogP contribution >= 0.6 is 11.6 Å². The SMILES string of the molecule is CC(NCCc1nccn1C)c1ccc(Cl)c(F)c1. The summed E-state index contributed by atoms with van der Waals surface area (Å²) in [6.07, 6.45) is 4.55. The molecule has 1 aromatic heterocycles. The summed E-state index contributed by atoms with van der Waals surface area (Å²) in [5, 5.41) is 3.50. The average molecular weight is 282 g/mol. The fraction of sp³-hybridized carbons (Fsp3) is 0.357. The first-order valence-electron chi connectivity index (χ1n) is 6.22. The molecule has 0 amide bonds. The van der Waals surface area contributed by atoms with Gasteiger partial charge in [0.15, 0.2) is 0 Å². The fourth-order valence-corrected chi connectivity index (χ4v) is 2.05. The molecule has 19 heavy (non-hydrogen) atoms. The molecule has 0 aliphatic carbocycles. The van der Waals surface area contributed by atoms with E-state index in [2.05, 4.69) is 10.3 Å². The maximum Gasteiger partial charge on any atom is 0.142 e. The van der Waals surface area contributed by atoms with Crippen LogP contribution < -0.4 is 5.32 Å². The van der Waals surface area contributed by atoms with Crippen LogP contribution in [0.5, 0.6) is 0 Å². The molecule has 1 N–H and O–H groups in total. The van der Waals surface area contributed by atoms with Crippen molar-refractivity contribution >= 4 is 11.6 Å². The van der Waals surface area contributed by atoms with Gasteiger partial charge in [0.25, 0.3) is 0 Å². The number of aromatic nitrogens is 2. The largest absolute Gasteiger partial charge is 0.338 e. The molecule has 1 atom stereocenters. The summed E-state index contributed by atoms with van der Waals surface area (Å²) < 4.78 is 15.4. The Balaban J connectivity index is 1.89. The van der Waals surface area contributed by atoms with E-state index in [0.717, 1.165) is 24.4 Å². The number of aryl methyl sites for hydroxylation is 1. The molecule has 0 fully saturated rings. The van der Waals surface area contributed by atoms with Crippen LogP contribution in [0.2, 0.25) is 5.02 Å². The van der Waals surface area contributed by atoms with Crippen LogP contribution in [0, 0.1) is 5.82 Å². The van der Waals surface area contributed by atoms with Crippen LogP contribution in [0.4, 0.5) is 4.39 Å². The van der Waals surface area contributed by atoms with E-state index in [1.54, 1.807) is 12.3 Å². The highest BCUT2D eigenvalue weighted by Gasteiger charge is 2.08. The van der Waals surface area contributed by atoms with Gasteiger partial charge in [-0.2, -0.15) is 0 Å². The summed E-state index contributed by atoms with van der Waals surface area (Å²) in [6, 6.07) is 4.97. The lowest BCUT2D eigenvalue weighted by Crippen LogP contribution is -2.22. The molecule has 1 aromatic carbocycles. The second-order valence-corrected chi connectivity index (χ2v) is 4.96. The summed E-state index contributed by atoms with van der Waals surface area (Å²) >= 11 is 5.67. The third-order valence-electron chi connectivity index (χ3n) is 3.16. The normalized spacial score (nSPS) is 12.6. The van der Waals surface area contributed by atoms with Gasteiger partial charge in [0.2, 0.25) is 0 Å². The minimum atomic E-state index is -0.378. The number of hydrogen-bond acceptors (Lipinski definition) is 2. The van der Waals surface area contributed by atoms with Gasteiger partial charge in [-0.1, -0.05) is 17.7 Å². The van der Waals surface area contributed by atoms with Gasteiger partial charge in [-0.25, -0.2) is 9.37 Å². The molecule has 2 aromatic rings. The van der Waals surface area contributed by atoms with E-state index in [9.17, 15) is 4.39 Å². The highest BCUT2D eigenvalue weighted by Crippen LogP contribution is 2.19. The number of rotatable bonds is 5. The van der Waals surface area contributed by atoms with Gasteiger partial charge in [-0.05, 0) is 24.6 Å². The Hall–Kier alpha value is -1.39. The van der Waals surface area contributed by atoms with Gasteiger partial charge in [-0.15, -0.1) is 0 Å². The van der Waals surface area contributed by atoms with Crippen LogP contribution in [0.15, 0.2) is 30.6 Å². The van der Waals surface area contributed by atoms with Gasteiger partial charge in [-0.3, -0.25) is 0 Å². The van der Waals surface area contributed by atoms with Crippen molar-refractivity contribution in [2.75, 3.05) is 6.54 Å².